The first-order valence-electron chi connectivity index (χ1n) is 9.95. The Bertz CT molecular complexity index is 965. The van der Waals surface area contributed by atoms with Gasteiger partial charge in [-0.3, -0.25) is 9.36 Å². The van der Waals surface area contributed by atoms with Crippen molar-refractivity contribution in [2.75, 3.05) is 23.8 Å². The van der Waals surface area contributed by atoms with Crippen LogP contribution in [-0.4, -0.2) is 63.8 Å². The van der Waals surface area contributed by atoms with Gasteiger partial charge >= 0.3 is 0 Å². The molecule has 10 heteroatoms. The highest BCUT2D eigenvalue weighted by molar-refractivity contribution is 7.99. The molecule has 0 radical (unpaired) electrons. The lowest BCUT2D eigenvalue weighted by Crippen LogP contribution is -2.44. The summed E-state index contributed by atoms with van der Waals surface area (Å²) in [6, 6.07) is 4.24. The highest BCUT2D eigenvalue weighted by Gasteiger charge is 2.35. The highest BCUT2D eigenvalue weighted by Crippen LogP contribution is 2.41. The molecule has 158 valence electrons. The average Bonchev–Trinajstić information content (AvgIpc) is 3.07. The standard InChI is InChI=1S/C19H26N4O3S3/c1-13(2)10-22(15-7-9-29(25,26)12-15)17(24)11-28-19-21-20-18(16-4-3-8-27-16)23(19)14-5-6-14/h3-4,8,13-15H,5-7,9-12H2,1-2H3/t15-/m0/s1. The fraction of sp³-hybridized carbons (Fsp3) is 0.632. The normalized spacial score (nSPS) is 21.0. The first-order chi connectivity index (χ1) is 13.8. The summed E-state index contributed by atoms with van der Waals surface area (Å²) in [6.07, 6.45) is 2.75. The van der Waals surface area contributed by atoms with Gasteiger partial charge in [-0.25, -0.2) is 8.42 Å². The van der Waals surface area contributed by atoms with Crippen molar-refractivity contribution in [3.8, 4) is 10.7 Å². The maximum absolute atomic E-state index is 13.0. The van der Waals surface area contributed by atoms with Crippen LogP contribution in [0.15, 0.2) is 22.7 Å². The van der Waals surface area contributed by atoms with Crippen LogP contribution < -0.4 is 0 Å². The molecular weight excluding hydrogens is 428 g/mol. The third kappa shape index (κ3) is 4.86. The monoisotopic (exact) mass is 454 g/mol. The molecule has 2 fully saturated rings. The molecule has 0 bridgehead atoms. The second-order valence-corrected chi connectivity index (χ2v) is 12.3. The molecule has 0 spiro atoms. The van der Waals surface area contributed by atoms with E-state index in [0.29, 0.717) is 19.0 Å². The summed E-state index contributed by atoms with van der Waals surface area (Å²) in [5.74, 6) is 1.64. The Kier molecular flexibility index (Phi) is 6.04. The third-order valence-corrected chi connectivity index (χ3v) is 8.72. The Balaban J connectivity index is 1.48. The van der Waals surface area contributed by atoms with E-state index in [4.69, 9.17) is 0 Å². The number of rotatable bonds is 8. The van der Waals surface area contributed by atoms with Gasteiger partial charge in [-0.1, -0.05) is 31.7 Å². The Morgan fingerprint density at radius 1 is 1.34 bits per heavy atom. The number of nitrogens with zero attached hydrogens (tertiary/aromatic N) is 4. The van der Waals surface area contributed by atoms with Crippen molar-refractivity contribution in [3.05, 3.63) is 17.5 Å². The fourth-order valence-electron chi connectivity index (χ4n) is 3.69. The predicted octanol–water partition coefficient (Wildman–Crippen LogP) is 3.11. The Hall–Kier alpha value is -1.39. The lowest BCUT2D eigenvalue weighted by Gasteiger charge is -2.29. The SMILES string of the molecule is CC(C)CN(C(=O)CSc1nnc(-c2cccs2)n1C1CC1)[C@H]1CCS(=O)(=O)C1. The number of carbonyl (C=O) groups excluding carboxylic acids is 1. The summed E-state index contributed by atoms with van der Waals surface area (Å²) in [4.78, 5) is 15.9. The second kappa shape index (κ2) is 8.39. The molecule has 1 amide bonds. The summed E-state index contributed by atoms with van der Waals surface area (Å²) >= 11 is 3.05. The lowest BCUT2D eigenvalue weighted by atomic mass is 10.1. The Morgan fingerprint density at radius 3 is 2.72 bits per heavy atom. The van der Waals surface area contributed by atoms with Crippen molar-refractivity contribution in [3.63, 3.8) is 0 Å². The number of amides is 1. The van der Waals surface area contributed by atoms with Crippen LogP contribution in [0.2, 0.25) is 0 Å². The van der Waals surface area contributed by atoms with Gasteiger partial charge in [-0.15, -0.1) is 21.5 Å². The first-order valence-corrected chi connectivity index (χ1v) is 13.6. The van der Waals surface area contributed by atoms with E-state index in [2.05, 4.69) is 14.8 Å². The minimum absolute atomic E-state index is 0.0196. The number of hydrogen-bond donors (Lipinski definition) is 0. The number of thioether (sulfide) groups is 1. The molecule has 3 heterocycles. The van der Waals surface area contributed by atoms with Gasteiger partial charge in [0.05, 0.1) is 22.1 Å². The number of sulfone groups is 1. The van der Waals surface area contributed by atoms with Crippen LogP contribution in [0.25, 0.3) is 10.7 Å². The maximum atomic E-state index is 13.0. The number of aromatic nitrogens is 3. The van der Waals surface area contributed by atoms with Gasteiger partial charge in [0.25, 0.3) is 0 Å². The molecule has 7 nitrogen and oxygen atoms in total. The maximum Gasteiger partial charge on any atom is 0.233 e. The number of carbonyl (C=O) groups is 1. The minimum atomic E-state index is -3.03. The topological polar surface area (TPSA) is 85.2 Å². The summed E-state index contributed by atoms with van der Waals surface area (Å²) in [5, 5.41) is 11.5. The largest absolute Gasteiger partial charge is 0.338 e. The van der Waals surface area contributed by atoms with Crippen LogP contribution in [0.3, 0.4) is 0 Å². The molecule has 0 N–H and O–H groups in total. The summed E-state index contributed by atoms with van der Waals surface area (Å²) in [6.45, 7) is 4.68. The molecule has 0 unspecified atom stereocenters. The average molecular weight is 455 g/mol. The van der Waals surface area contributed by atoms with Crippen molar-refractivity contribution >= 4 is 38.8 Å². The molecule has 2 aromatic heterocycles. The quantitative estimate of drug-likeness (QED) is 0.570. The summed E-state index contributed by atoms with van der Waals surface area (Å²) in [7, 11) is -3.03. The minimum Gasteiger partial charge on any atom is -0.338 e. The number of hydrogen-bond acceptors (Lipinski definition) is 7. The van der Waals surface area contributed by atoms with E-state index in [1.165, 1.54) is 11.8 Å². The fourth-order valence-corrected chi connectivity index (χ4v) is 7.02. The molecular formula is C19H26N4O3S3. The molecule has 1 atom stereocenters. The zero-order valence-electron chi connectivity index (χ0n) is 16.7. The van der Waals surface area contributed by atoms with Crippen molar-refractivity contribution in [1.29, 1.82) is 0 Å². The Labute approximate surface area is 179 Å². The molecule has 1 saturated heterocycles. The smallest absolute Gasteiger partial charge is 0.233 e. The van der Waals surface area contributed by atoms with Crippen molar-refractivity contribution < 1.29 is 13.2 Å². The molecule has 1 aliphatic carbocycles. The van der Waals surface area contributed by atoms with Gasteiger partial charge in [0.1, 0.15) is 0 Å². The van der Waals surface area contributed by atoms with E-state index >= 15 is 0 Å². The summed E-state index contributed by atoms with van der Waals surface area (Å²) in [5.41, 5.74) is 0. The molecule has 1 aliphatic heterocycles. The second-order valence-electron chi connectivity index (χ2n) is 8.17. The molecule has 29 heavy (non-hydrogen) atoms. The highest BCUT2D eigenvalue weighted by atomic mass is 32.2. The number of thiophene rings is 1. The van der Waals surface area contributed by atoms with E-state index in [1.54, 1.807) is 16.2 Å². The van der Waals surface area contributed by atoms with Crippen LogP contribution in [-0.2, 0) is 14.6 Å². The third-order valence-electron chi connectivity index (χ3n) is 5.17. The lowest BCUT2D eigenvalue weighted by molar-refractivity contribution is -0.130. The van der Waals surface area contributed by atoms with Crippen LogP contribution in [0.5, 0.6) is 0 Å². The first kappa shape index (κ1) is 20.9. The molecule has 0 aromatic carbocycles. The van der Waals surface area contributed by atoms with E-state index in [9.17, 15) is 13.2 Å². The van der Waals surface area contributed by atoms with E-state index in [1.807, 2.05) is 31.4 Å². The zero-order valence-corrected chi connectivity index (χ0v) is 19.1. The van der Waals surface area contributed by atoms with Crippen LogP contribution in [0.4, 0.5) is 0 Å². The van der Waals surface area contributed by atoms with Gasteiger partial charge in [-0.2, -0.15) is 0 Å². The van der Waals surface area contributed by atoms with Crippen molar-refractivity contribution in [2.45, 2.75) is 50.4 Å². The molecule has 4 rings (SSSR count). The van der Waals surface area contributed by atoms with Crippen molar-refractivity contribution in [1.82, 2.24) is 19.7 Å². The Morgan fingerprint density at radius 2 is 2.14 bits per heavy atom. The van der Waals surface area contributed by atoms with Gasteiger partial charge in [0.15, 0.2) is 20.8 Å². The zero-order chi connectivity index (χ0) is 20.6. The predicted molar refractivity (Wildman–Crippen MR) is 116 cm³/mol. The van der Waals surface area contributed by atoms with E-state index in [-0.39, 0.29) is 35.1 Å². The van der Waals surface area contributed by atoms with Gasteiger partial charge < -0.3 is 4.90 Å². The summed E-state index contributed by atoms with van der Waals surface area (Å²) < 4.78 is 26.0. The van der Waals surface area contributed by atoms with Crippen LogP contribution in [0.1, 0.15) is 39.2 Å². The van der Waals surface area contributed by atoms with E-state index < -0.39 is 9.84 Å². The van der Waals surface area contributed by atoms with Crippen molar-refractivity contribution in [2.24, 2.45) is 5.92 Å². The van der Waals surface area contributed by atoms with Crippen LogP contribution >= 0.6 is 23.1 Å². The molecule has 1 saturated carbocycles. The molecule has 2 aromatic rings. The van der Waals surface area contributed by atoms with E-state index in [0.717, 1.165) is 28.7 Å². The van der Waals surface area contributed by atoms with Gasteiger partial charge in [0, 0.05) is 18.6 Å². The molecule has 2 aliphatic rings. The van der Waals surface area contributed by atoms with Gasteiger partial charge in [-0.05, 0) is 36.6 Å². The van der Waals surface area contributed by atoms with Crippen LogP contribution in [0, 0.1) is 5.92 Å². The van der Waals surface area contributed by atoms with Gasteiger partial charge in [0.2, 0.25) is 5.91 Å².